The molecule has 3 aromatic heterocycles. The minimum atomic E-state index is 0.651. The molecule has 0 N–H and O–H groups in total. The lowest BCUT2D eigenvalue weighted by atomic mass is 10.0. The van der Waals surface area contributed by atoms with Gasteiger partial charge in [-0.15, -0.1) is 0 Å². The predicted molar refractivity (Wildman–Crippen MR) is 222 cm³/mol. The molecule has 1 aliphatic rings. The first-order chi connectivity index (χ1) is 26.7. The number of hydrogen-bond acceptors (Lipinski definition) is 3. The number of aromatic nitrogens is 4. The van der Waals surface area contributed by atoms with Crippen molar-refractivity contribution in [3.8, 4) is 34.4 Å². The topological polar surface area (TPSA) is 44.9 Å². The average Bonchev–Trinajstić information content (AvgIpc) is 3.71. The molecule has 0 unspecified atom stereocenters. The maximum atomic E-state index is 6.29. The Bertz CT molecular complexity index is 3150. The van der Waals surface area contributed by atoms with Crippen LogP contribution in [0.4, 0.5) is 0 Å². The van der Waals surface area contributed by atoms with Crippen molar-refractivity contribution in [2.75, 3.05) is 0 Å². The Kier molecular flexibility index (Phi) is 6.83. The number of ether oxygens (including phenoxy) is 1. The van der Waals surface area contributed by atoms with Gasteiger partial charge in [-0.3, -0.25) is 4.57 Å². The standard InChI is InChI=1S/C49H34N4O/c1-2-35-39-29-32-15-6-7-16-33(32)30-44(39)52(34-17-4-3-5-18-34)41(35)23-12-14-31-26-27-37-36-19-8-10-22-42(36)53(43(37)28-31)49-50-40-21-13-25-46-47(40)48(51-49)38-20-9-11-24-45(38)54-46/h3-13,15-30H,2,14H2,1H3/b23-12-. The van der Waals surface area contributed by atoms with Crippen LogP contribution in [0.2, 0.25) is 0 Å². The maximum Gasteiger partial charge on any atom is 0.235 e. The summed E-state index contributed by atoms with van der Waals surface area (Å²) < 4.78 is 10.9. The molecule has 1 aliphatic heterocycles. The first-order valence-electron chi connectivity index (χ1n) is 18.6. The molecular formula is C49H34N4O. The molecule has 0 spiro atoms. The second-order valence-corrected chi connectivity index (χ2v) is 14.0. The normalized spacial score (nSPS) is 12.4. The molecule has 0 aliphatic carbocycles. The van der Waals surface area contributed by atoms with E-state index in [4.69, 9.17) is 14.7 Å². The lowest BCUT2D eigenvalue weighted by Crippen LogP contribution is -2.06. The van der Waals surface area contributed by atoms with Crippen LogP contribution in [0, 0.1) is 0 Å². The fraction of sp³-hybridized carbons (Fsp3) is 0.0612. The largest absolute Gasteiger partial charge is 0.456 e. The van der Waals surface area contributed by atoms with Crippen molar-refractivity contribution in [2.24, 2.45) is 0 Å². The smallest absolute Gasteiger partial charge is 0.235 e. The van der Waals surface area contributed by atoms with Gasteiger partial charge in [0.2, 0.25) is 5.95 Å². The summed E-state index contributed by atoms with van der Waals surface area (Å²) in [6.07, 6.45) is 6.35. The number of hydrogen-bond donors (Lipinski definition) is 0. The van der Waals surface area contributed by atoms with Gasteiger partial charge >= 0.3 is 0 Å². The Balaban J connectivity index is 1.06. The highest BCUT2D eigenvalue weighted by Gasteiger charge is 2.24. The molecule has 0 fully saturated rings. The first kappa shape index (κ1) is 30.6. The summed E-state index contributed by atoms with van der Waals surface area (Å²) in [6, 6.07) is 53.7. The van der Waals surface area contributed by atoms with Crippen LogP contribution in [0.5, 0.6) is 11.5 Å². The Morgan fingerprint density at radius 1 is 0.593 bits per heavy atom. The Morgan fingerprint density at radius 3 is 2.22 bits per heavy atom. The number of allylic oxidation sites excluding steroid dienone is 1. The number of rotatable bonds is 6. The summed E-state index contributed by atoms with van der Waals surface area (Å²) in [7, 11) is 0. The van der Waals surface area contributed by atoms with Crippen LogP contribution < -0.4 is 4.74 Å². The van der Waals surface area contributed by atoms with Crippen LogP contribution in [-0.4, -0.2) is 19.1 Å². The Hall–Kier alpha value is -6.98. The van der Waals surface area contributed by atoms with Crippen molar-refractivity contribution in [2.45, 2.75) is 19.8 Å². The van der Waals surface area contributed by atoms with Gasteiger partial charge in [-0.25, -0.2) is 9.97 Å². The summed E-state index contributed by atoms with van der Waals surface area (Å²) >= 11 is 0. The highest BCUT2D eigenvalue weighted by molar-refractivity contribution is 6.10. The van der Waals surface area contributed by atoms with Gasteiger partial charge in [0.05, 0.1) is 33.1 Å². The first-order valence-corrected chi connectivity index (χ1v) is 18.6. The third kappa shape index (κ3) is 4.65. The van der Waals surface area contributed by atoms with Crippen LogP contribution in [0.15, 0.2) is 158 Å². The van der Waals surface area contributed by atoms with Crippen molar-refractivity contribution in [1.29, 1.82) is 0 Å². The summed E-state index contributed by atoms with van der Waals surface area (Å²) in [4.78, 5) is 10.5. The lowest BCUT2D eigenvalue weighted by Gasteiger charge is -2.21. The summed E-state index contributed by atoms with van der Waals surface area (Å²) in [5.74, 6) is 2.25. The fourth-order valence-corrected chi connectivity index (χ4v) is 8.51. The molecule has 7 aromatic carbocycles. The lowest BCUT2D eigenvalue weighted by molar-refractivity contribution is 0.486. The zero-order chi connectivity index (χ0) is 35.8. The molecule has 0 saturated carbocycles. The van der Waals surface area contributed by atoms with E-state index in [1.54, 1.807) is 0 Å². The number of nitrogens with zero attached hydrogens (tertiary/aromatic N) is 4. The van der Waals surface area contributed by atoms with E-state index < -0.39 is 0 Å². The van der Waals surface area contributed by atoms with E-state index in [1.807, 2.05) is 30.3 Å². The van der Waals surface area contributed by atoms with Gasteiger partial charge in [-0.2, -0.15) is 0 Å². The highest BCUT2D eigenvalue weighted by atomic mass is 16.5. The van der Waals surface area contributed by atoms with Gasteiger partial charge in [0, 0.05) is 33.1 Å². The summed E-state index contributed by atoms with van der Waals surface area (Å²) in [6.45, 7) is 2.26. The van der Waals surface area contributed by atoms with Gasteiger partial charge < -0.3 is 9.30 Å². The van der Waals surface area contributed by atoms with Gasteiger partial charge in [0.15, 0.2) is 0 Å². The predicted octanol–water partition coefficient (Wildman–Crippen LogP) is 12.4. The summed E-state index contributed by atoms with van der Waals surface area (Å²) in [5, 5.41) is 7.12. The second-order valence-electron chi connectivity index (χ2n) is 14.0. The molecule has 0 atom stereocenters. The van der Waals surface area contributed by atoms with Gasteiger partial charge in [0.1, 0.15) is 11.5 Å². The molecule has 54 heavy (non-hydrogen) atoms. The molecule has 0 radical (unpaired) electrons. The van der Waals surface area contributed by atoms with E-state index >= 15 is 0 Å². The summed E-state index contributed by atoms with van der Waals surface area (Å²) in [5.41, 5.74) is 11.1. The van der Waals surface area contributed by atoms with Crippen molar-refractivity contribution >= 4 is 60.5 Å². The molecule has 256 valence electrons. The maximum absolute atomic E-state index is 6.29. The van der Waals surface area contributed by atoms with E-state index in [2.05, 4.69) is 150 Å². The zero-order valence-electron chi connectivity index (χ0n) is 29.7. The second kappa shape index (κ2) is 12.0. The minimum Gasteiger partial charge on any atom is -0.456 e. The average molecular weight is 695 g/mol. The van der Waals surface area contributed by atoms with Gasteiger partial charge in [-0.05, 0) is 101 Å². The van der Waals surface area contributed by atoms with Crippen molar-refractivity contribution in [3.63, 3.8) is 0 Å². The fourth-order valence-electron chi connectivity index (χ4n) is 8.51. The molecular weight excluding hydrogens is 661 g/mol. The van der Waals surface area contributed by atoms with Crippen LogP contribution in [0.25, 0.3) is 83.4 Å². The van der Waals surface area contributed by atoms with E-state index in [0.717, 1.165) is 57.5 Å². The van der Waals surface area contributed by atoms with Crippen LogP contribution in [0.3, 0.4) is 0 Å². The zero-order valence-corrected chi connectivity index (χ0v) is 29.7. The molecule has 0 saturated heterocycles. The number of benzene rings is 7. The van der Waals surface area contributed by atoms with Crippen molar-refractivity contribution < 1.29 is 4.74 Å². The van der Waals surface area contributed by atoms with Crippen LogP contribution >= 0.6 is 0 Å². The molecule has 0 bridgehead atoms. The molecule has 10 aromatic rings. The number of fused-ring (bicyclic) bond motifs is 7. The number of para-hydroxylation sites is 3. The van der Waals surface area contributed by atoms with E-state index in [0.29, 0.717) is 5.95 Å². The third-order valence-electron chi connectivity index (χ3n) is 11.0. The van der Waals surface area contributed by atoms with E-state index in [1.165, 1.54) is 55.0 Å². The van der Waals surface area contributed by atoms with Crippen molar-refractivity contribution in [3.05, 3.63) is 175 Å². The minimum absolute atomic E-state index is 0.651. The van der Waals surface area contributed by atoms with Gasteiger partial charge in [-0.1, -0.05) is 104 Å². The number of aryl methyl sites for hydroxylation is 1. The van der Waals surface area contributed by atoms with E-state index in [-0.39, 0.29) is 0 Å². The molecule has 5 nitrogen and oxygen atoms in total. The van der Waals surface area contributed by atoms with Crippen LogP contribution in [-0.2, 0) is 12.8 Å². The van der Waals surface area contributed by atoms with E-state index in [9.17, 15) is 0 Å². The molecule has 5 heteroatoms. The Labute approximate surface area is 312 Å². The molecule has 0 amide bonds. The van der Waals surface area contributed by atoms with Crippen LogP contribution in [0.1, 0.15) is 23.7 Å². The Morgan fingerprint density at radius 2 is 1.33 bits per heavy atom. The van der Waals surface area contributed by atoms with Crippen molar-refractivity contribution in [1.82, 2.24) is 19.1 Å². The molecule has 11 rings (SSSR count). The van der Waals surface area contributed by atoms with Gasteiger partial charge in [0.25, 0.3) is 0 Å². The monoisotopic (exact) mass is 694 g/mol. The highest BCUT2D eigenvalue weighted by Crippen LogP contribution is 2.45. The molecule has 4 heterocycles. The SMILES string of the molecule is CCc1c(/C=C\Cc2ccc3c4ccccc4n(-c4nc5c6c(cccc6n4)Oc4ccccc4-5)c3c2)n(-c2ccccc2)c2cc3ccccc3cc12. The quantitative estimate of drug-likeness (QED) is 0.174. The third-order valence-corrected chi connectivity index (χ3v) is 11.0.